The number of nitrogens with one attached hydrogen (secondary N) is 1. The first-order valence-electron chi connectivity index (χ1n) is 8.88. The molecule has 4 nitrogen and oxygen atoms in total. The summed E-state index contributed by atoms with van der Waals surface area (Å²) in [6, 6.07) is 3.36. The molecule has 0 bridgehead atoms. The topological polar surface area (TPSA) is 72.2 Å². The number of amides is 2. The van der Waals surface area contributed by atoms with Crippen molar-refractivity contribution in [3.63, 3.8) is 0 Å². The third-order valence-corrected chi connectivity index (χ3v) is 9.46. The van der Waals surface area contributed by atoms with Gasteiger partial charge in [0.15, 0.2) is 0 Å². The first kappa shape index (κ1) is 23.8. The first-order valence-corrected chi connectivity index (χ1v) is 11.9. The predicted octanol–water partition coefficient (Wildman–Crippen LogP) is 3.66. The van der Waals surface area contributed by atoms with Crippen LogP contribution >= 0.6 is 0 Å². The lowest BCUT2D eigenvalue weighted by molar-refractivity contribution is -0.137. The number of benzene rings is 1. The number of rotatable bonds is 5. The smallest absolute Gasteiger partial charge is 0.368 e. The maximum Gasteiger partial charge on any atom is 0.416 e. The van der Waals surface area contributed by atoms with Crippen molar-refractivity contribution in [3.05, 3.63) is 35.4 Å². The summed E-state index contributed by atoms with van der Waals surface area (Å²) in [5.74, 6) is 1.77. The molecule has 28 heavy (non-hydrogen) atoms. The summed E-state index contributed by atoms with van der Waals surface area (Å²) in [5, 5.41) is 2.58. The van der Waals surface area contributed by atoms with Crippen LogP contribution in [0.2, 0.25) is 18.1 Å². The molecule has 0 aliphatic rings. The SMILES string of the molecule is CC(C)(C)[Si](C)(C)C#CC[C@@H](NC(=O)Cc1ccc(C(F)(F)F)cc1)C(N)=O. The summed E-state index contributed by atoms with van der Waals surface area (Å²) in [4.78, 5) is 23.8. The summed E-state index contributed by atoms with van der Waals surface area (Å²) in [7, 11) is -1.85. The summed E-state index contributed by atoms with van der Waals surface area (Å²) in [5.41, 5.74) is 8.22. The normalized spacial score (nSPS) is 13.3. The standard InChI is InChI=1S/C20H27F3N2O2Si/c1-19(2,3)28(4,5)12-6-7-16(18(24)27)25-17(26)13-14-8-10-15(11-9-14)20(21,22)23/h8-11,16H,7,13H2,1-5H3,(H2,24,27)(H,25,26)/t16-/m1/s1. The Balaban J connectivity index is 2.75. The van der Waals surface area contributed by atoms with E-state index in [-0.39, 0.29) is 17.9 Å². The van der Waals surface area contributed by atoms with E-state index >= 15 is 0 Å². The van der Waals surface area contributed by atoms with Gasteiger partial charge in [-0.1, -0.05) is 46.0 Å². The molecule has 154 valence electrons. The number of hydrogen-bond acceptors (Lipinski definition) is 2. The van der Waals surface area contributed by atoms with Gasteiger partial charge in [-0.2, -0.15) is 13.2 Å². The second kappa shape index (κ2) is 8.82. The zero-order chi connectivity index (χ0) is 21.8. The van der Waals surface area contributed by atoms with Gasteiger partial charge >= 0.3 is 6.18 Å². The van der Waals surface area contributed by atoms with Gasteiger partial charge in [-0.3, -0.25) is 9.59 Å². The van der Waals surface area contributed by atoms with Gasteiger partial charge in [0.2, 0.25) is 11.8 Å². The van der Waals surface area contributed by atoms with Gasteiger partial charge in [0.25, 0.3) is 0 Å². The van der Waals surface area contributed by atoms with Crippen molar-refractivity contribution >= 4 is 19.9 Å². The van der Waals surface area contributed by atoms with E-state index < -0.39 is 37.7 Å². The maximum absolute atomic E-state index is 12.6. The highest BCUT2D eigenvalue weighted by atomic mass is 28.3. The quantitative estimate of drug-likeness (QED) is 0.572. The largest absolute Gasteiger partial charge is 0.416 e. The summed E-state index contributed by atoms with van der Waals surface area (Å²) in [6.07, 6.45) is -4.49. The van der Waals surface area contributed by atoms with Crippen LogP contribution in [0.15, 0.2) is 24.3 Å². The zero-order valence-electron chi connectivity index (χ0n) is 16.8. The molecule has 1 aromatic carbocycles. The number of primary amides is 1. The molecule has 0 aliphatic carbocycles. The van der Waals surface area contributed by atoms with Crippen LogP contribution < -0.4 is 11.1 Å². The number of carbonyl (C=O) groups excluding carboxylic acids is 2. The summed E-state index contributed by atoms with van der Waals surface area (Å²) >= 11 is 0. The van der Waals surface area contributed by atoms with Crippen LogP contribution in [0, 0.1) is 11.5 Å². The van der Waals surface area contributed by atoms with Crippen LogP contribution in [0.25, 0.3) is 0 Å². The molecule has 8 heteroatoms. The second-order valence-electron chi connectivity index (χ2n) is 8.27. The molecule has 0 radical (unpaired) electrons. The lowest BCUT2D eigenvalue weighted by Crippen LogP contribution is -2.45. The number of nitrogens with two attached hydrogens (primary N) is 1. The van der Waals surface area contributed by atoms with Crippen molar-refractivity contribution in [1.29, 1.82) is 0 Å². The lowest BCUT2D eigenvalue weighted by atomic mass is 10.1. The maximum atomic E-state index is 12.6. The fourth-order valence-electron chi connectivity index (χ4n) is 2.03. The number of alkyl halides is 3. The van der Waals surface area contributed by atoms with Crippen molar-refractivity contribution in [2.24, 2.45) is 5.73 Å². The van der Waals surface area contributed by atoms with E-state index in [2.05, 4.69) is 50.6 Å². The molecule has 0 unspecified atom stereocenters. The van der Waals surface area contributed by atoms with Gasteiger partial charge in [-0.25, -0.2) is 0 Å². The Morgan fingerprint density at radius 2 is 1.68 bits per heavy atom. The number of hydrogen-bond donors (Lipinski definition) is 2. The Morgan fingerprint density at radius 1 is 1.14 bits per heavy atom. The Kier molecular flexibility index (Phi) is 7.49. The van der Waals surface area contributed by atoms with Crippen LogP contribution in [0.5, 0.6) is 0 Å². The summed E-state index contributed by atoms with van der Waals surface area (Å²) in [6.45, 7) is 10.6. The van der Waals surface area contributed by atoms with Crippen molar-refractivity contribution in [1.82, 2.24) is 5.32 Å². The van der Waals surface area contributed by atoms with Crippen LogP contribution in [0.4, 0.5) is 13.2 Å². The molecule has 0 fully saturated rings. The zero-order valence-corrected chi connectivity index (χ0v) is 17.8. The van der Waals surface area contributed by atoms with Gasteiger partial charge in [-0.05, 0) is 22.7 Å². The van der Waals surface area contributed by atoms with E-state index in [4.69, 9.17) is 5.73 Å². The van der Waals surface area contributed by atoms with Crippen molar-refractivity contribution in [2.45, 2.75) is 64.0 Å². The average Bonchev–Trinajstić information content (AvgIpc) is 2.52. The highest BCUT2D eigenvalue weighted by Crippen LogP contribution is 2.35. The predicted molar refractivity (Wildman–Crippen MR) is 106 cm³/mol. The van der Waals surface area contributed by atoms with Gasteiger partial charge in [0, 0.05) is 6.42 Å². The van der Waals surface area contributed by atoms with Crippen LogP contribution in [0.3, 0.4) is 0 Å². The molecule has 0 saturated carbocycles. The molecule has 0 aromatic heterocycles. The Hall–Kier alpha value is -2.27. The van der Waals surface area contributed by atoms with E-state index in [1.807, 2.05) is 0 Å². The lowest BCUT2D eigenvalue weighted by Gasteiger charge is -2.31. The molecule has 2 amide bonds. The monoisotopic (exact) mass is 412 g/mol. The molecular formula is C20H27F3N2O2Si. The first-order chi connectivity index (χ1) is 12.6. The molecule has 0 aliphatic heterocycles. The highest BCUT2D eigenvalue weighted by Gasteiger charge is 2.33. The highest BCUT2D eigenvalue weighted by molar-refractivity contribution is 6.87. The molecule has 0 spiro atoms. The summed E-state index contributed by atoms with van der Waals surface area (Å²) < 4.78 is 37.7. The molecule has 1 rings (SSSR count). The van der Waals surface area contributed by atoms with E-state index in [1.54, 1.807) is 0 Å². The molecule has 1 aromatic rings. The third-order valence-electron chi connectivity index (χ3n) is 4.91. The Labute approximate surface area is 165 Å². The average molecular weight is 413 g/mol. The van der Waals surface area contributed by atoms with Crippen LogP contribution in [-0.2, 0) is 22.2 Å². The van der Waals surface area contributed by atoms with Gasteiger partial charge in [0.05, 0.1) is 12.0 Å². The van der Waals surface area contributed by atoms with E-state index in [1.165, 1.54) is 12.1 Å². The van der Waals surface area contributed by atoms with Gasteiger partial charge < -0.3 is 11.1 Å². The Morgan fingerprint density at radius 3 is 2.11 bits per heavy atom. The second-order valence-corrected chi connectivity index (χ2v) is 13.3. The minimum absolute atomic E-state index is 0.0635. The molecule has 1 atom stereocenters. The third kappa shape index (κ3) is 7.04. The van der Waals surface area contributed by atoms with E-state index in [0.29, 0.717) is 5.56 Å². The van der Waals surface area contributed by atoms with Crippen molar-refractivity contribution in [2.75, 3.05) is 0 Å². The van der Waals surface area contributed by atoms with Crippen LogP contribution in [0.1, 0.15) is 38.3 Å². The Bertz CT molecular complexity index is 770. The van der Waals surface area contributed by atoms with E-state index in [0.717, 1.165) is 12.1 Å². The number of halogens is 3. The molecule has 3 N–H and O–H groups in total. The van der Waals surface area contributed by atoms with E-state index in [9.17, 15) is 22.8 Å². The minimum Gasteiger partial charge on any atom is -0.368 e. The fraction of sp³-hybridized carbons (Fsp3) is 0.500. The van der Waals surface area contributed by atoms with Gasteiger partial charge in [0.1, 0.15) is 14.1 Å². The number of carbonyl (C=O) groups is 2. The minimum atomic E-state index is -4.43. The fourth-order valence-corrected chi connectivity index (χ4v) is 2.95. The van der Waals surface area contributed by atoms with Gasteiger partial charge in [-0.15, -0.1) is 11.5 Å². The molecule has 0 heterocycles. The molecular weight excluding hydrogens is 385 g/mol. The van der Waals surface area contributed by atoms with Crippen molar-refractivity contribution < 1.29 is 22.8 Å². The van der Waals surface area contributed by atoms with Crippen molar-refractivity contribution in [3.8, 4) is 11.5 Å². The van der Waals surface area contributed by atoms with Crippen LogP contribution in [-0.4, -0.2) is 25.9 Å². The molecule has 0 saturated heterocycles.